The van der Waals surface area contributed by atoms with Gasteiger partial charge in [0.25, 0.3) is 0 Å². The first-order chi connectivity index (χ1) is 7.08. The van der Waals surface area contributed by atoms with Crippen molar-refractivity contribution in [3.63, 3.8) is 0 Å². The molecule has 1 fully saturated rings. The highest BCUT2D eigenvalue weighted by molar-refractivity contribution is 5.66. The van der Waals surface area contributed by atoms with Crippen LogP contribution in [0.25, 0.3) is 0 Å². The van der Waals surface area contributed by atoms with Gasteiger partial charge in [-0.05, 0) is 26.2 Å². The van der Waals surface area contributed by atoms with E-state index in [1.165, 1.54) is 6.92 Å². The molecule has 3 nitrogen and oxygen atoms in total. The van der Waals surface area contributed by atoms with Crippen molar-refractivity contribution in [2.24, 2.45) is 5.92 Å². The molecule has 3 heteroatoms. The van der Waals surface area contributed by atoms with Crippen molar-refractivity contribution in [2.45, 2.75) is 65.3 Å². The fourth-order valence-electron chi connectivity index (χ4n) is 2.36. The average molecular weight is 214 g/mol. The summed E-state index contributed by atoms with van der Waals surface area (Å²) < 4.78 is 11.1. The molecule has 1 aliphatic heterocycles. The number of rotatable bonds is 4. The Labute approximate surface area is 92.1 Å². The monoisotopic (exact) mass is 214 g/mol. The van der Waals surface area contributed by atoms with E-state index in [-0.39, 0.29) is 18.2 Å². The van der Waals surface area contributed by atoms with Crippen molar-refractivity contribution in [2.75, 3.05) is 0 Å². The number of hydrogen-bond donors (Lipinski definition) is 0. The lowest BCUT2D eigenvalue weighted by atomic mass is 9.92. The quantitative estimate of drug-likeness (QED) is 0.675. The highest BCUT2D eigenvalue weighted by Crippen LogP contribution is 2.33. The fraction of sp³-hybridized carbons (Fsp3) is 0.917. The molecule has 0 aliphatic carbocycles. The van der Waals surface area contributed by atoms with Gasteiger partial charge in [-0.2, -0.15) is 0 Å². The van der Waals surface area contributed by atoms with Crippen molar-refractivity contribution in [3.8, 4) is 0 Å². The smallest absolute Gasteiger partial charge is 0.302 e. The van der Waals surface area contributed by atoms with Crippen LogP contribution < -0.4 is 0 Å². The molecule has 0 aromatic rings. The summed E-state index contributed by atoms with van der Waals surface area (Å²) in [5.41, 5.74) is 0. The minimum Gasteiger partial charge on any atom is -0.462 e. The van der Waals surface area contributed by atoms with Crippen LogP contribution in [0.4, 0.5) is 0 Å². The molecule has 0 spiro atoms. The summed E-state index contributed by atoms with van der Waals surface area (Å²) in [5.74, 6) is 0.168. The lowest BCUT2D eigenvalue weighted by molar-refractivity contribution is -0.149. The van der Waals surface area contributed by atoms with Gasteiger partial charge in [0.2, 0.25) is 0 Å². The second kappa shape index (κ2) is 5.50. The Morgan fingerprint density at radius 3 is 2.60 bits per heavy atom. The van der Waals surface area contributed by atoms with E-state index in [4.69, 9.17) is 9.47 Å². The van der Waals surface area contributed by atoms with E-state index in [1.54, 1.807) is 0 Å². The first-order valence-electron chi connectivity index (χ1n) is 5.91. The zero-order chi connectivity index (χ0) is 11.4. The van der Waals surface area contributed by atoms with Gasteiger partial charge in [-0.3, -0.25) is 4.79 Å². The Bertz CT molecular complexity index is 215. The average Bonchev–Trinajstić information content (AvgIpc) is 2.59. The first kappa shape index (κ1) is 12.5. The number of esters is 1. The standard InChI is InChI=1S/C12H22O3/c1-5-10-7-11(12(6-2)15-10)8(3)14-9(4)13/h8,10-12H,5-7H2,1-4H3. The Kier molecular flexibility index (Phi) is 4.58. The molecule has 0 N–H and O–H groups in total. The van der Waals surface area contributed by atoms with E-state index in [2.05, 4.69) is 13.8 Å². The third-order valence-corrected chi connectivity index (χ3v) is 3.19. The minimum absolute atomic E-state index is 0.0241. The van der Waals surface area contributed by atoms with Crippen molar-refractivity contribution >= 4 is 5.97 Å². The van der Waals surface area contributed by atoms with Crippen LogP contribution in [0.15, 0.2) is 0 Å². The zero-order valence-corrected chi connectivity index (χ0v) is 10.2. The van der Waals surface area contributed by atoms with Crippen LogP contribution in [0.3, 0.4) is 0 Å². The van der Waals surface area contributed by atoms with Crippen LogP contribution in [0.2, 0.25) is 0 Å². The molecule has 0 radical (unpaired) electrons. The summed E-state index contributed by atoms with van der Waals surface area (Å²) in [6.07, 6.45) is 3.63. The van der Waals surface area contributed by atoms with Gasteiger partial charge in [-0.25, -0.2) is 0 Å². The molecule has 4 atom stereocenters. The molecule has 15 heavy (non-hydrogen) atoms. The largest absolute Gasteiger partial charge is 0.462 e. The lowest BCUT2D eigenvalue weighted by Crippen LogP contribution is -2.29. The zero-order valence-electron chi connectivity index (χ0n) is 10.2. The summed E-state index contributed by atoms with van der Waals surface area (Å²) >= 11 is 0. The molecule has 1 rings (SSSR count). The third kappa shape index (κ3) is 3.20. The molecule has 0 saturated carbocycles. The molecular weight excluding hydrogens is 192 g/mol. The maximum Gasteiger partial charge on any atom is 0.302 e. The van der Waals surface area contributed by atoms with Crippen molar-refractivity contribution in [3.05, 3.63) is 0 Å². The van der Waals surface area contributed by atoms with Gasteiger partial charge in [-0.15, -0.1) is 0 Å². The predicted molar refractivity (Wildman–Crippen MR) is 58.6 cm³/mol. The first-order valence-corrected chi connectivity index (χ1v) is 5.91. The van der Waals surface area contributed by atoms with E-state index in [0.29, 0.717) is 12.0 Å². The van der Waals surface area contributed by atoms with Gasteiger partial charge in [0.05, 0.1) is 12.2 Å². The highest BCUT2D eigenvalue weighted by atomic mass is 16.5. The Balaban J connectivity index is 2.55. The van der Waals surface area contributed by atoms with E-state index in [0.717, 1.165) is 19.3 Å². The summed E-state index contributed by atoms with van der Waals surface area (Å²) in [5, 5.41) is 0. The van der Waals surface area contributed by atoms with Crippen LogP contribution in [-0.4, -0.2) is 24.3 Å². The van der Waals surface area contributed by atoms with Crippen LogP contribution >= 0.6 is 0 Å². The number of ether oxygens (including phenoxy) is 2. The Morgan fingerprint density at radius 1 is 1.47 bits per heavy atom. The highest BCUT2D eigenvalue weighted by Gasteiger charge is 2.37. The minimum atomic E-state index is -0.197. The van der Waals surface area contributed by atoms with Crippen LogP contribution in [0.5, 0.6) is 0 Å². The molecule has 0 bridgehead atoms. The lowest BCUT2D eigenvalue weighted by Gasteiger charge is -2.23. The maximum atomic E-state index is 10.9. The van der Waals surface area contributed by atoms with Crippen LogP contribution in [0, 0.1) is 5.92 Å². The SMILES string of the molecule is CCC1CC(C(C)OC(C)=O)C(CC)O1. The number of hydrogen-bond acceptors (Lipinski definition) is 3. The Morgan fingerprint density at radius 2 is 2.13 bits per heavy atom. The molecule has 1 aliphatic rings. The van der Waals surface area contributed by atoms with Crippen LogP contribution in [-0.2, 0) is 14.3 Å². The van der Waals surface area contributed by atoms with Gasteiger partial charge in [0.15, 0.2) is 0 Å². The van der Waals surface area contributed by atoms with Gasteiger partial charge >= 0.3 is 5.97 Å². The normalized spacial score (nSPS) is 32.7. The topological polar surface area (TPSA) is 35.5 Å². The van der Waals surface area contributed by atoms with Crippen molar-refractivity contribution in [1.29, 1.82) is 0 Å². The van der Waals surface area contributed by atoms with E-state index in [1.807, 2.05) is 6.92 Å². The maximum absolute atomic E-state index is 10.9. The number of carbonyl (C=O) groups is 1. The summed E-state index contributed by atoms with van der Waals surface area (Å²) in [6.45, 7) is 7.69. The van der Waals surface area contributed by atoms with E-state index < -0.39 is 0 Å². The van der Waals surface area contributed by atoms with Gasteiger partial charge in [0.1, 0.15) is 6.10 Å². The summed E-state index contributed by atoms with van der Waals surface area (Å²) in [6, 6.07) is 0. The number of carbonyl (C=O) groups excluding carboxylic acids is 1. The van der Waals surface area contributed by atoms with Crippen molar-refractivity contribution < 1.29 is 14.3 Å². The Hall–Kier alpha value is -0.570. The molecule has 0 aromatic heterocycles. The van der Waals surface area contributed by atoms with Gasteiger partial charge < -0.3 is 9.47 Å². The van der Waals surface area contributed by atoms with Gasteiger partial charge in [0, 0.05) is 12.8 Å². The molecule has 1 saturated heterocycles. The predicted octanol–water partition coefficient (Wildman–Crippen LogP) is 2.53. The van der Waals surface area contributed by atoms with Crippen LogP contribution in [0.1, 0.15) is 47.0 Å². The van der Waals surface area contributed by atoms with Crippen molar-refractivity contribution in [1.82, 2.24) is 0 Å². The summed E-state index contributed by atoms with van der Waals surface area (Å²) in [4.78, 5) is 10.9. The van der Waals surface area contributed by atoms with Gasteiger partial charge in [-0.1, -0.05) is 13.8 Å². The molecule has 88 valence electrons. The molecule has 1 heterocycles. The molecular formula is C12H22O3. The fourth-order valence-corrected chi connectivity index (χ4v) is 2.36. The summed E-state index contributed by atoms with van der Waals surface area (Å²) in [7, 11) is 0. The molecule has 4 unspecified atom stereocenters. The third-order valence-electron chi connectivity index (χ3n) is 3.19. The molecule has 0 aromatic carbocycles. The molecule has 0 amide bonds. The van der Waals surface area contributed by atoms with E-state index in [9.17, 15) is 4.79 Å². The second-order valence-electron chi connectivity index (χ2n) is 4.33. The second-order valence-corrected chi connectivity index (χ2v) is 4.33. The van der Waals surface area contributed by atoms with E-state index >= 15 is 0 Å².